The van der Waals surface area contributed by atoms with Gasteiger partial charge in [0.2, 0.25) is 0 Å². The SMILES string of the molecule is C[C@H]1CCC[C@H](C)N1CC(C)(C)N. The zero-order chi connectivity index (χ0) is 10.1. The first-order valence-electron chi connectivity index (χ1n) is 5.45. The van der Waals surface area contributed by atoms with Crippen molar-refractivity contribution in [2.75, 3.05) is 6.54 Å². The largest absolute Gasteiger partial charge is 0.324 e. The molecule has 0 unspecified atom stereocenters. The smallest absolute Gasteiger partial charge is 0.0226 e. The van der Waals surface area contributed by atoms with Crippen LogP contribution in [0.4, 0.5) is 0 Å². The van der Waals surface area contributed by atoms with Crippen LogP contribution in [-0.2, 0) is 0 Å². The van der Waals surface area contributed by atoms with E-state index in [1.165, 1.54) is 19.3 Å². The summed E-state index contributed by atoms with van der Waals surface area (Å²) >= 11 is 0. The molecule has 0 bridgehead atoms. The molecule has 0 aromatic rings. The zero-order valence-electron chi connectivity index (χ0n) is 9.51. The lowest BCUT2D eigenvalue weighted by molar-refractivity contribution is 0.0825. The molecule has 78 valence electrons. The van der Waals surface area contributed by atoms with Crippen LogP contribution >= 0.6 is 0 Å². The summed E-state index contributed by atoms with van der Waals surface area (Å²) in [6.07, 6.45) is 4.05. The van der Waals surface area contributed by atoms with E-state index in [1.54, 1.807) is 0 Å². The fourth-order valence-electron chi connectivity index (χ4n) is 2.26. The van der Waals surface area contributed by atoms with E-state index >= 15 is 0 Å². The highest BCUT2D eigenvalue weighted by molar-refractivity contribution is 4.86. The van der Waals surface area contributed by atoms with Gasteiger partial charge in [0.1, 0.15) is 0 Å². The Labute approximate surface area is 82.5 Å². The number of likely N-dealkylation sites (tertiary alicyclic amines) is 1. The van der Waals surface area contributed by atoms with E-state index in [4.69, 9.17) is 5.73 Å². The molecule has 2 heteroatoms. The monoisotopic (exact) mass is 184 g/mol. The number of hydrogen-bond donors (Lipinski definition) is 1. The van der Waals surface area contributed by atoms with Crippen LogP contribution in [0, 0.1) is 0 Å². The Morgan fingerprint density at radius 1 is 1.23 bits per heavy atom. The van der Waals surface area contributed by atoms with E-state index in [2.05, 4.69) is 32.6 Å². The predicted molar refractivity (Wildman–Crippen MR) is 57.7 cm³/mol. The van der Waals surface area contributed by atoms with Crippen LogP contribution in [0.25, 0.3) is 0 Å². The maximum absolute atomic E-state index is 6.05. The van der Waals surface area contributed by atoms with Crippen molar-refractivity contribution in [3.05, 3.63) is 0 Å². The van der Waals surface area contributed by atoms with E-state index in [1.807, 2.05) is 0 Å². The van der Waals surface area contributed by atoms with E-state index in [0.29, 0.717) is 12.1 Å². The van der Waals surface area contributed by atoms with Crippen molar-refractivity contribution in [2.45, 2.75) is 64.6 Å². The first kappa shape index (κ1) is 11.0. The van der Waals surface area contributed by atoms with E-state index < -0.39 is 0 Å². The van der Waals surface area contributed by atoms with Crippen LogP contribution in [-0.4, -0.2) is 29.1 Å². The Hall–Kier alpha value is -0.0800. The molecule has 1 aliphatic rings. The second-order valence-corrected chi connectivity index (χ2v) is 5.29. The van der Waals surface area contributed by atoms with Gasteiger partial charge in [-0.1, -0.05) is 6.42 Å². The summed E-state index contributed by atoms with van der Waals surface area (Å²) in [5, 5.41) is 0. The lowest BCUT2D eigenvalue weighted by Crippen LogP contribution is -2.53. The van der Waals surface area contributed by atoms with Gasteiger partial charge in [0.25, 0.3) is 0 Å². The van der Waals surface area contributed by atoms with Gasteiger partial charge < -0.3 is 5.73 Å². The van der Waals surface area contributed by atoms with Crippen LogP contribution in [0.1, 0.15) is 47.0 Å². The highest BCUT2D eigenvalue weighted by Crippen LogP contribution is 2.23. The number of piperidine rings is 1. The average Bonchev–Trinajstić information content (AvgIpc) is 1.95. The van der Waals surface area contributed by atoms with Gasteiger partial charge in [0.05, 0.1) is 0 Å². The summed E-state index contributed by atoms with van der Waals surface area (Å²) in [7, 11) is 0. The number of nitrogens with two attached hydrogens (primary N) is 1. The second kappa shape index (κ2) is 3.97. The van der Waals surface area contributed by atoms with Crippen molar-refractivity contribution in [2.24, 2.45) is 5.73 Å². The fourth-order valence-corrected chi connectivity index (χ4v) is 2.26. The Kier molecular flexibility index (Phi) is 3.36. The highest BCUT2D eigenvalue weighted by Gasteiger charge is 2.28. The van der Waals surface area contributed by atoms with E-state index in [0.717, 1.165) is 6.54 Å². The van der Waals surface area contributed by atoms with Gasteiger partial charge in [0, 0.05) is 24.2 Å². The Bertz CT molecular complexity index is 150. The Balaban J connectivity index is 2.54. The van der Waals surface area contributed by atoms with Gasteiger partial charge in [-0.25, -0.2) is 0 Å². The van der Waals surface area contributed by atoms with Crippen molar-refractivity contribution in [3.63, 3.8) is 0 Å². The lowest BCUT2D eigenvalue weighted by atomic mass is 9.94. The second-order valence-electron chi connectivity index (χ2n) is 5.29. The third kappa shape index (κ3) is 3.28. The van der Waals surface area contributed by atoms with Gasteiger partial charge >= 0.3 is 0 Å². The van der Waals surface area contributed by atoms with Gasteiger partial charge in [-0.3, -0.25) is 4.90 Å². The molecule has 13 heavy (non-hydrogen) atoms. The summed E-state index contributed by atoms with van der Waals surface area (Å²) in [5.41, 5.74) is 5.99. The minimum atomic E-state index is -0.0557. The molecule has 2 atom stereocenters. The normalized spacial score (nSPS) is 32.1. The molecular weight excluding hydrogens is 160 g/mol. The molecule has 1 saturated heterocycles. The van der Waals surface area contributed by atoms with Gasteiger partial charge in [-0.2, -0.15) is 0 Å². The van der Waals surface area contributed by atoms with Crippen LogP contribution in [0.3, 0.4) is 0 Å². The fraction of sp³-hybridized carbons (Fsp3) is 1.00. The van der Waals surface area contributed by atoms with Crippen LogP contribution in [0.2, 0.25) is 0 Å². The number of hydrogen-bond acceptors (Lipinski definition) is 2. The van der Waals surface area contributed by atoms with E-state index in [9.17, 15) is 0 Å². The Morgan fingerprint density at radius 3 is 2.08 bits per heavy atom. The lowest BCUT2D eigenvalue weighted by Gasteiger charge is -2.42. The summed E-state index contributed by atoms with van der Waals surface area (Å²) < 4.78 is 0. The number of rotatable bonds is 2. The topological polar surface area (TPSA) is 29.3 Å². The van der Waals surface area contributed by atoms with Crippen LogP contribution < -0.4 is 5.73 Å². The molecule has 1 rings (SSSR count). The standard InChI is InChI=1S/C11H24N2/c1-9-6-5-7-10(2)13(9)8-11(3,4)12/h9-10H,5-8,12H2,1-4H3/t9-,10-/m0/s1. The molecule has 0 radical (unpaired) electrons. The molecule has 0 amide bonds. The van der Waals surface area contributed by atoms with Crippen molar-refractivity contribution in [1.29, 1.82) is 0 Å². The van der Waals surface area contributed by atoms with Crippen LogP contribution in [0.5, 0.6) is 0 Å². The van der Waals surface area contributed by atoms with E-state index in [-0.39, 0.29) is 5.54 Å². The highest BCUT2D eigenvalue weighted by atomic mass is 15.2. The van der Waals surface area contributed by atoms with Crippen LogP contribution in [0.15, 0.2) is 0 Å². The summed E-state index contributed by atoms with van der Waals surface area (Å²) in [6.45, 7) is 9.89. The quantitative estimate of drug-likeness (QED) is 0.711. The molecular formula is C11H24N2. The summed E-state index contributed by atoms with van der Waals surface area (Å²) in [4.78, 5) is 2.56. The third-order valence-corrected chi connectivity index (χ3v) is 2.97. The van der Waals surface area contributed by atoms with Crippen molar-refractivity contribution < 1.29 is 0 Å². The van der Waals surface area contributed by atoms with Gasteiger partial charge in [-0.05, 0) is 40.5 Å². The molecule has 1 heterocycles. The molecule has 1 fully saturated rings. The average molecular weight is 184 g/mol. The Morgan fingerprint density at radius 2 is 1.69 bits per heavy atom. The summed E-state index contributed by atoms with van der Waals surface area (Å²) in [5.74, 6) is 0. The maximum atomic E-state index is 6.05. The molecule has 2 nitrogen and oxygen atoms in total. The first-order chi connectivity index (χ1) is 5.90. The van der Waals surface area contributed by atoms with Crippen molar-refractivity contribution in [3.8, 4) is 0 Å². The maximum Gasteiger partial charge on any atom is 0.0226 e. The minimum Gasteiger partial charge on any atom is -0.324 e. The molecule has 1 aliphatic heterocycles. The third-order valence-electron chi connectivity index (χ3n) is 2.97. The van der Waals surface area contributed by atoms with Gasteiger partial charge in [-0.15, -0.1) is 0 Å². The minimum absolute atomic E-state index is 0.0557. The molecule has 0 spiro atoms. The predicted octanol–water partition coefficient (Wildman–Crippen LogP) is 1.99. The van der Waals surface area contributed by atoms with Crippen molar-refractivity contribution in [1.82, 2.24) is 4.90 Å². The summed E-state index contributed by atoms with van der Waals surface area (Å²) in [6, 6.07) is 1.43. The van der Waals surface area contributed by atoms with Crippen molar-refractivity contribution >= 4 is 0 Å². The molecule has 2 N–H and O–H groups in total. The van der Waals surface area contributed by atoms with Gasteiger partial charge in [0.15, 0.2) is 0 Å². The first-order valence-corrected chi connectivity index (χ1v) is 5.45. The molecule has 0 aromatic carbocycles. The molecule has 0 aliphatic carbocycles. The number of nitrogens with zero attached hydrogens (tertiary/aromatic N) is 1. The molecule has 0 aromatic heterocycles. The molecule has 0 saturated carbocycles. The zero-order valence-corrected chi connectivity index (χ0v) is 9.51.